The zero-order valence-corrected chi connectivity index (χ0v) is 11.0. The van der Waals surface area contributed by atoms with Crippen LogP contribution in [0.25, 0.3) is 0 Å². The predicted molar refractivity (Wildman–Crippen MR) is 68.1 cm³/mol. The lowest BCUT2D eigenvalue weighted by Crippen LogP contribution is -2.39. The number of alkyl halides is 3. The molecule has 106 valence electrons. The van der Waals surface area contributed by atoms with Gasteiger partial charge in [0, 0.05) is 19.6 Å². The molecule has 1 aromatic rings. The van der Waals surface area contributed by atoms with Crippen molar-refractivity contribution in [3.63, 3.8) is 0 Å². The molecule has 2 heterocycles. The van der Waals surface area contributed by atoms with E-state index in [1.165, 1.54) is 0 Å². The monoisotopic (exact) mass is 293 g/mol. The molecule has 0 atom stereocenters. The summed E-state index contributed by atoms with van der Waals surface area (Å²) in [7, 11) is 0. The van der Waals surface area contributed by atoms with E-state index in [9.17, 15) is 13.2 Å². The minimum Gasteiger partial charge on any atom is -0.357 e. The van der Waals surface area contributed by atoms with Gasteiger partial charge >= 0.3 is 6.18 Å². The maximum absolute atomic E-state index is 12.6. The zero-order valence-electron chi connectivity index (χ0n) is 10.3. The van der Waals surface area contributed by atoms with E-state index in [1.807, 2.05) is 4.90 Å². The van der Waals surface area contributed by atoms with Crippen LogP contribution in [0.5, 0.6) is 0 Å². The highest BCUT2D eigenvalue weighted by Crippen LogP contribution is 2.35. The van der Waals surface area contributed by atoms with Gasteiger partial charge in [0.2, 0.25) is 0 Å². The number of pyridine rings is 1. The van der Waals surface area contributed by atoms with Crippen LogP contribution in [0.3, 0.4) is 0 Å². The quantitative estimate of drug-likeness (QED) is 0.911. The lowest BCUT2D eigenvalue weighted by atomic mass is 9.96. The molecule has 1 saturated heterocycles. The Morgan fingerprint density at radius 3 is 2.47 bits per heavy atom. The Morgan fingerprint density at radius 2 is 1.95 bits per heavy atom. The molecule has 0 bridgehead atoms. The Kier molecular flexibility index (Phi) is 4.20. The number of piperidine rings is 1. The molecule has 1 aromatic heterocycles. The minimum absolute atomic E-state index is 0.103. The predicted octanol–water partition coefficient (Wildman–Crippen LogP) is 2.97. The Hall–Kier alpha value is -1.01. The van der Waals surface area contributed by atoms with Gasteiger partial charge in [0.05, 0.1) is 16.6 Å². The highest BCUT2D eigenvalue weighted by Gasteiger charge is 2.41. The zero-order chi connectivity index (χ0) is 14.0. The van der Waals surface area contributed by atoms with Crippen LogP contribution >= 0.6 is 11.6 Å². The molecule has 3 nitrogen and oxygen atoms in total. The van der Waals surface area contributed by atoms with Crippen molar-refractivity contribution in [2.45, 2.75) is 25.6 Å². The number of nitrogens with two attached hydrogens (primary N) is 1. The van der Waals surface area contributed by atoms with Crippen molar-refractivity contribution in [2.75, 3.05) is 18.0 Å². The number of hydrogen-bond acceptors (Lipinski definition) is 3. The second-order valence-corrected chi connectivity index (χ2v) is 5.01. The average Bonchev–Trinajstić information content (AvgIpc) is 2.38. The van der Waals surface area contributed by atoms with Crippen LogP contribution in [0.4, 0.5) is 19.0 Å². The summed E-state index contributed by atoms with van der Waals surface area (Å²) >= 11 is 5.91. The molecule has 0 aromatic carbocycles. The number of anilines is 1. The molecule has 0 unspecified atom stereocenters. The fourth-order valence-electron chi connectivity index (χ4n) is 2.23. The summed E-state index contributed by atoms with van der Waals surface area (Å²) in [6, 6.07) is 3.40. The first-order valence-electron chi connectivity index (χ1n) is 6.09. The van der Waals surface area contributed by atoms with Crippen LogP contribution in [0.1, 0.15) is 18.5 Å². The highest BCUT2D eigenvalue weighted by molar-refractivity contribution is 6.31. The molecular formula is C12H15ClF3N3. The summed E-state index contributed by atoms with van der Waals surface area (Å²) in [5, 5.41) is 0.483. The van der Waals surface area contributed by atoms with Crippen molar-refractivity contribution in [3.8, 4) is 0 Å². The topological polar surface area (TPSA) is 42.1 Å². The van der Waals surface area contributed by atoms with Crippen LogP contribution in [0.15, 0.2) is 12.1 Å². The molecule has 0 spiro atoms. The van der Waals surface area contributed by atoms with Crippen molar-refractivity contribution in [1.82, 2.24) is 4.98 Å². The molecule has 7 heteroatoms. The third kappa shape index (κ3) is 3.30. The minimum atomic E-state index is -4.10. The standard InChI is InChI=1S/C12H15ClF3N3/c13-9-1-2-11(18-10(9)7-17)19-5-3-8(4-6-19)12(14,15)16/h1-2,8H,3-7,17H2. The van der Waals surface area contributed by atoms with E-state index >= 15 is 0 Å². The van der Waals surface area contributed by atoms with Crippen LogP contribution in [-0.2, 0) is 6.54 Å². The molecule has 2 rings (SSSR count). The molecule has 2 N–H and O–H groups in total. The Labute approximate surface area is 114 Å². The van der Waals surface area contributed by atoms with Crippen molar-refractivity contribution in [2.24, 2.45) is 11.7 Å². The van der Waals surface area contributed by atoms with Crippen LogP contribution < -0.4 is 10.6 Å². The van der Waals surface area contributed by atoms with Crippen LogP contribution in [0.2, 0.25) is 5.02 Å². The van der Waals surface area contributed by atoms with E-state index < -0.39 is 12.1 Å². The Bertz CT molecular complexity index is 442. The summed E-state index contributed by atoms with van der Waals surface area (Å²) in [6.45, 7) is 0.914. The van der Waals surface area contributed by atoms with Gasteiger partial charge in [0.1, 0.15) is 5.82 Å². The maximum atomic E-state index is 12.6. The molecule has 1 aliphatic heterocycles. The van der Waals surface area contributed by atoms with Crippen molar-refractivity contribution >= 4 is 17.4 Å². The number of nitrogens with zero attached hydrogens (tertiary/aromatic N) is 2. The summed E-state index contributed by atoms with van der Waals surface area (Å²) in [4.78, 5) is 6.13. The molecule has 1 fully saturated rings. The SMILES string of the molecule is NCc1nc(N2CCC(C(F)(F)F)CC2)ccc1Cl. The van der Waals surface area contributed by atoms with E-state index in [0.717, 1.165) is 0 Å². The van der Waals surface area contributed by atoms with E-state index in [0.29, 0.717) is 29.6 Å². The van der Waals surface area contributed by atoms with Gasteiger partial charge in [0.15, 0.2) is 0 Å². The first-order chi connectivity index (χ1) is 8.91. The van der Waals surface area contributed by atoms with E-state index in [2.05, 4.69) is 4.98 Å². The number of aromatic nitrogens is 1. The molecule has 1 aliphatic rings. The second kappa shape index (κ2) is 5.54. The summed E-state index contributed by atoms with van der Waals surface area (Å²) in [5.74, 6) is -0.560. The maximum Gasteiger partial charge on any atom is 0.391 e. The van der Waals surface area contributed by atoms with Gasteiger partial charge in [-0.15, -0.1) is 0 Å². The fourth-order valence-corrected chi connectivity index (χ4v) is 2.41. The number of hydrogen-bond donors (Lipinski definition) is 1. The fraction of sp³-hybridized carbons (Fsp3) is 0.583. The van der Waals surface area contributed by atoms with Gasteiger partial charge < -0.3 is 10.6 Å². The van der Waals surface area contributed by atoms with Gasteiger partial charge in [-0.1, -0.05) is 11.6 Å². The third-order valence-electron chi connectivity index (χ3n) is 3.38. The highest BCUT2D eigenvalue weighted by atomic mass is 35.5. The molecule has 0 amide bonds. The van der Waals surface area contributed by atoms with E-state index in [4.69, 9.17) is 17.3 Å². The van der Waals surface area contributed by atoms with E-state index in [-0.39, 0.29) is 19.4 Å². The van der Waals surface area contributed by atoms with Gasteiger partial charge in [-0.2, -0.15) is 13.2 Å². The molecule has 0 aliphatic carbocycles. The lowest BCUT2D eigenvalue weighted by molar-refractivity contribution is -0.179. The average molecular weight is 294 g/mol. The number of rotatable bonds is 2. The van der Waals surface area contributed by atoms with Crippen LogP contribution in [0, 0.1) is 5.92 Å². The molecule has 19 heavy (non-hydrogen) atoms. The molecule has 0 saturated carbocycles. The lowest BCUT2D eigenvalue weighted by Gasteiger charge is -2.33. The largest absolute Gasteiger partial charge is 0.391 e. The first kappa shape index (κ1) is 14.4. The second-order valence-electron chi connectivity index (χ2n) is 4.61. The van der Waals surface area contributed by atoms with Gasteiger partial charge in [-0.05, 0) is 25.0 Å². The molecular weight excluding hydrogens is 279 g/mol. The van der Waals surface area contributed by atoms with Gasteiger partial charge in [0.25, 0.3) is 0 Å². The number of halogens is 4. The van der Waals surface area contributed by atoms with Crippen LogP contribution in [-0.4, -0.2) is 24.2 Å². The first-order valence-corrected chi connectivity index (χ1v) is 6.46. The van der Waals surface area contributed by atoms with Crippen molar-refractivity contribution in [1.29, 1.82) is 0 Å². The normalized spacial score (nSPS) is 17.8. The van der Waals surface area contributed by atoms with Crippen molar-refractivity contribution < 1.29 is 13.2 Å². The summed E-state index contributed by atoms with van der Waals surface area (Å²) in [5.41, 5.74) is 6.08. The van der Waals surface area contributed by atoms with E-state index in [1.54, 1.807) is 12.1 Å². The summed E-state index contributed by atoms with van der Waals surface area (Å²) in [6.07, 6.45) is -3.89. The van der Waals surface area contributed by atoms with Gasteiger partial charge in [-0.3, -0.25) is 0 Å². The Balaban J connectivity index is 2.05. The van der Waals surface area contributed by atoms with Crippen molar-refractivity contribution in [3.05, 3.63) is 22.8 Å². The Morgan fingerprint density at radius 1 is 1.32 bits per heavy atom. The smallest absolute Gasteiger partial charge is 0.357 e. The summed E-state index contributed by atoms with van der Waals surface area (Å²) < 4.78 is 37.7. The van der Waals surface area contributed by atoms with Gasteiger partial charge in [-0.25, -0.2) is 4.98 Å². The molecule has 0 radical (unpaired) electrons. The third-order valence-corrected chi connectivity index (χ3v) is 3.72.